The van der Waals surface area contributed by atoms with Crippen LogP contribution in [0.15, 0.2) is 182 Å². The monoisotopic (exact) mass is 1130 g/mol. The minimum absolute atomic E-state index is 0.0775. The van der Waals surface area contributed by atoms with Gasteiger partial charge in [0.2, 0.25) is 0 Å². The Hall–Kier alpha value is -7.74. The summed E-state index contributed by atoms with van der Waals surface area (Å²) < 4.78 is 11.4. The molecule has 0 saturated carbocycles. The molecule has 0 N–H and O–H groups in total. The fourth-order valence-corrected chi connectivity index (χ4v) is 14.2. The topological polar surface area (TPSA) is 20.6 Å². The van der Waals surface area contributed by atoms with E-state index < -0.39 is 0 Å². The second kappa shape index (κ2) is 18.7. The van der Waals surface area contributed by atoms with Crippen molar-refractivity contribution in [3.05, 3.63) is 219 Å². The fourth-order valence-electron chi connectivity index (χ4n) is 13.8. The number of rotatable bonds is 10. The molecule has 7 heteroatoms. The zero-order valence-electron chi connectivity index (χ0n) is 45.8. The zero-order chi connectivity index (χ0) is 53.4. The molecule has 0 fully saturated rings. The molecule has 4 aliphatic heterocycles. The molecular weight excluding hydrogens is 1070 g/mol. The van der Waals surface area contributed by atoms with E-state index in [-0.39, 0.29) is 13.4 Å². The van der Waals surface area contributed by atoms with Crippen molar-refractivity contribution in [2.45, 2.75) is 80.1 Å². The van der Waals surface area contributed by atoms with Crippen molar-refractivity contribution in [1.82, 2.24) is 4.57 Å². The van der Waals surface area contributed by atoms with Gasteiger partial charge in [-0.2, -0.15) is 0 Å². The smallest absolute Gasteiger partial charge is 0.256 e. The Kier molecular flexibility index (Phi) is 11.5. The summed E-state index contributed by atoms with van der Waals surface area (Å²) in [4.78, 5) is 5.12. The van der Waals surface area contributed by atoms with Crippen molar-refractivity contribution < 1.29 is 4.74 Å². The maximum absolute atomic E-state index is 7.62. The number of ether oxygens (including phenoxy) is 1. The molecular formula is C72H60B2IN3O. The Morgan fingerprint density at radius 3 is 1.66 bits per heavy atom. The lowest BCUT2D eigenvalue weighted by atomic mass is 9.30. The molecule has 382 valence electrons. The van der Waals surface area contributed by atoms with Crippen molar-refractivity contribution >= 4 is 125 Å². The van der Waals surface area contributed by atoms with Crippen molar-refractivity contribution in [2.75, 3.05) is 9.80 Å². The molecule has 11 aromatic rings. The summed E-state index contributed by atoms with van der Waals surface area (Å²) in [7, 11) is 0. The molecule has 5 heterocycles. The van der Waals surface area contributed by atoms with Gasteiger partial charge in [0.1, 0.15) is 11.5 Å². The van der Waals surface area contributed by atoms with Gasteiger partial charge in [0.15, 0.2) is 0 Å². The van der Waals surface area contributed by atoms with E-state index in [0.29, 0.717) is 0 Å². The van der Waals surface area contributed by atoms with Crippen LogP contribution in [0.5, 0.6) is 11.5 Å². The van der Waals surface area contributed by atoms with Crippen LogP contribution < -0.4 is 47.3 Å². The molecule has 0 bridgehead atoms. The summed E-state index contributed by atoms with van der Waals surface area (Å²) in [6.07, 6.45) is 6.87. The van der Waals surface area contributed by atoms with E-state index in [4.69, 9.17) is 4.74 Å². The summed E-state index contributed by atoms with van der Waals surface area (Å²) in [5.41, 5.74) is 31.0. The fraction of sp³-hybridized carbons (Fsp3) is 0.167. The van der Waals surface area contributed by atoms with Gasteiger partial charge in [-0.05, 0) is 227 Å². The van der Waals surface area contributed by atoms with Gasteiger partial charge in [-0.25, -0.2) is 0 Å². The first-order valence-corrected chi connectivity index (χ1v) is 29.7. The minimum atomic E-state index is -0.0790. The Bertz CT molecular complexity index is 4310. The van der Waals surface area contributed by atoms with Crippen LogP contribution in [0.2, 0.25) is 0 Å². The molecule has 0 saturated heterocycles. The van der Waals surface area contributed by atoms with E-state index in [1.165, 1.54) is 162 Å². The van der Waals surface area contributed by atoms with Crippen LogP contribution in [0, 0.1) is 31.3 Å². The molecule has 1 aromatic heterocycles. The Labute approximate surface area is 479 Å². The molecule has 0 aliphatic carbocycles. The third-order valence-corrected chi connectivity index (χ3v) is 18.4. The molecule has 4 nitrogen and oxygen atoms in total. The summed E-state index contributed by atoms with van der Waals surface area (Å²) in [6, 6.07) is 70.7. The molecule has 0 atom stereocenters. The average Bonchev–Trinajstić information content (AvgIpc) is 3.16. The molecule has 0 unspecified atom stereocenters. The van der Waals surface area contributed by atoms with Crippen molar-refractivity contribution in [1.29, 1.82) is 0 Å². The van der Waals surface area contributed by atoms with E-state index in [1.807, 2.05) is 0 Å². The Balaban J connectivity index is 1.03. The molecule has 79 heavy (non-hydrogen) atoms. The van der Waals surface area contributed by atoms with Crippen LogP contribution in [-0.4, -0.2) is 18.0 Å². The number of aryl methyl sites for hydroxylation is 6. The third kappa shape index (κ3) is 7.70. The summed E-state index contributed by atoms with van der Waals surface area (Å²) in [5.74, 6) is 1.83. The number of nitrogens with zero attached hydrogens (tertiary/aromatic N) is 3. The molecule has 15 rings (SSSR count). The molecule has 4 aliphatic rings. The van der Waals surface area contributed by atoms with Crippen LogP contribution in [0.4, 0.5) is 34.1 Å². The van der Waals surface area contributed by atoms with Crippen LogP contribution in [0.1, 0.15) is 72.9 Å². The second-order valence-electron chi connectivity index (χ2n) is 23.0. The normalized spacial score (nSPS) is 13.3. The predicted octanol–water partition coefficient (Wildman–Crippen LogP) is 15.7. The number of unbranched alkanes of at least 4 members (excludes halogenated alkanes) is 2. The van der Waals surface area contributed by atoms with E-state index in [9.17, 15) is 0 Å². The maximum atomic E-state index is 7.62. The first-order chi connectivity index (χ1) is 38.6. The number of benzene rings is 10. The second-order valence-corrected chi connectivity index (χ2v) is 24.3. The van der Waals surface area contributed by atoms with Crippen molar-refractivity contribution in [3.8, 4) is 39.4 Å². The van der Waals surface area contributed by atoms with E-state index in [0.717, 1.165) is 41.3 Å². The number of aromatic nitrogens is 1. The summed E-state index contributed by atoms with van der Waals surface area (Å²) >= 11 is 2.45. The maximum Gasteiger partial charge on any atom is 0.256 e. The minimum Gasteiger partial charge on any atom is -0.458 e. The zero-order valence-corrected chi connectivity index (χ0v) is 48.0. The first kappa shape index (κ1) is 48.4. The lowest BCUT2D eigenvalue weighted by Crippen LogP contribution is -2.64. The highest BCUT2D eigenvalue weighted by Gasteiger charge is 2.47. The first-order valence-electron chi connectivity index (χ1n) is 28.6. The van der Waals surface area contributed by atoms with Crippen LogP contribution in [-0.2, 0) is 12.8 Å². The van der Waals surface area contributed by atoms with Gasteiger partial charge in [0.05, 0.1) is 5.52 Å². The van der Waals surface area contributed by atoms with Gasteiger partial charge in [0, 0.05) is 65.7 Å². The molecule has 0 radical (unpaired) electrons. The lowest BCUT2D eigenvalue weighted by molar-refractivity contribution is 0.487. The summed E-state index contributed by atoms with van der Waals surface area (Å²) in [5, 5.41) is 2.65. The summed E-state index contributed by atoms with van der Waals surface area (Å²) in [6.45, 7) is 13.3. The highest BCUT2D eigenvalue weighted by molar-refractivity contribution is 14.1. The molecule has 0 spiro atoms. The third-order valence-electron chi connectivity index (χ3n) is 17.6. The van der Waals surface area contributed by atoms with Gasteiger partial charge in [-0.3, -0.25) is 0 Å². The largest absolute Gasteiger partial charge is 0.458 e. The van der Waals surface area contributed by atoms with Gasteiger partial charge >= 0.3 is 0 Å². The average molecular weight is 1130 g/mol. The molecule has 10 aromatic carbocycles. The van der Waals surface area contributed by atoms with E-state index in [2.05, 4.69) is 260 Å². The van der Waals surface area contributed by atoms with Crippen LogP contribution >= 0.6 is 22.6 Å². The van der Waals surface area contributed by atoms with Crippen LogP contribution in [0.3, 0.4) is 0 Å². The van der Waals surface area contributed by atoms with E-state index in [1.54, 1.807) is 0 Å². The van der Waals surface area contributed by atoms with Crippen molar-refractivity contribution in [2.24, 2.45) is 0 Å². The van der Waals surface area contributed by atoms with Crippen LogP contribution in [0.25, 0.3) is 49.7 Å². The van der Waals surface area contributed by atoms with Crippen molar-refractivity contribution in [3.63, 3.8) is 0 Å². The number of hydrogen-bond donors (Lipinski definition) is 0. The Morgan fingerprint density at radius 2 is 0.975 bits per heavy atom. The highest BCUT2D eigenvalue weighted by atomic mass is 127. The van der Waals surface area contributed by atoms with Gasteiger partial charge in [-0.15, -0.1) is 0 Å². The predicted molar refractivity (Wildman–Crippen MR) is 346 cm³/mol. The van der Waals surface area contributed by atoms with Gasteiger partial charge in [-0.1, -0.05) is 140 Å². The SMILES string of the molecule is CCCCc1ccc(N2c3ccc(C)cc3B3c4cc5c(cc4N(c4ccc(I)cc4)c4cc(-c6ccc(C)cc6)cc2c43)Oc2cc(-c3ccc(C)cc3)cc3c2B5c2cc(C)cc4c5cc(CCCC)ccc5n-3c24)cc1. The Morgan fingerprint density at radius 1 is 0.405 bits per heavy atom. The number of fused-ring (bicyclic) bond motifs is 11. The van der Waals surface area contributed by atoms with E-state index >= 15 is 0 Å². The van der Waals surface area contributed by atoms with Gasteiger partial charge < -0.3 is 19.1 Å². The number of halogens is 1. The quantitative estimate of drug-likeness (QED) is 0.101. The lowest BCUT2D eigenvalue weighted by Gasteiger charge is -2.45. The van der Waals surface area contributed by atoms with Gasteiger partial charge in [0.25, 0.3) is 13.4 Å². The molecule has 0 amide bonds. The number of hydrogen-bond acceptors (Lipinski definition) is 3. The highest BCUT2D eigenvalue weighted by Crippen LogP contribution is 2.48. The standard InChI is InChI=1S/C72H60B2IN3O/c1-7-9-11-47-18-27-54(28-19-47)76-63-31-17-45(5)34-58(63)73-59-41-60-68(42-64(59)77(55-29-25-53(75)26-30-55)66-38-51(37-65(76)70(66)73)49-21-13-43(3)14-22-49)79-69-40-52(50-23-15-44(4)16-24-50)39-67-71(69)74(60)61-35-46(6)33-57-56-36-48(12-10-8-2)20-32-62(56)78(67)72(57)61/h13-42H,7-12H2,1-6H3. The number of anilines is 6.